The summed E-state index contributed by atoms with van der Waals surface area (Å²) in [7, 11) is 0. The molecule has 1 aromatic carbocycles. The Morgan fingerprint density at radius 3 is 2.58 bits per heavy atom. The molecule has 0 spiro atoms. The van der Waals surface area contributed by atoms with Crippen LogP contribution in [0.1, 0.15) is 29.1 Å². The van der Waals surface area contributed by atoms with Crippen LogP contribution in [0.3, 0.4) is 0 Å². The first-order valence-electron chi connectivity index (χ1n) is 5.17. The highest BCUT2D eigenvalue weighted by Gasteiger charge is 2.21. The van der Waals surface area contributed by atoms with E-state index in [-0.39, 0.29) is 10.3 Å². The highest BCUT2D eigenvalue weighted by Crippen LogP contribution is 2.20. The van der Waals surface area contributed by atoms with Gasteiger partial charge in [0.05, 0.1) is 6.04 Å². The average molecular weight is 332 g/mol. The molecule has 0 aliphatic heterocycles. The number of aromatic amines is 1. The zero-order valence-corrected chi connectivity index (χ0v) is 11.2. The maximum Gasteiger partial charge on any atom is 0.257 e. The fourth-order valence-corrected chi connectivity index (χ4v) is 1.85. The number of halogens is 3. The van der Waals surface area contributed by atoms with Crippen molar-refractivity contribution in [1.82, 2.24) is 25.9 Å². The Morgan fingerprint density at radius 1 is 1.42 bits per heavy atom. The molecule has 0 radical (unpaired) electrons. The second-order valence-electron chi connectivity index (χ2n) is 3.71. The first-order valence-corrected chi connectivity index (χ1v) is 5.97. The Bertz CT molecular complexity index is 581. The second kappa shape index (κ2) is 5.39. The van der Waals surface area contributed by atoms with Crippen molar-refractivity contribution in [2.75, 3.05) is 0 Å². The molecule has 0 saturated heterocycles. The largest absolute Gasteiger partial charge is 0.342 e. The molecular formula is C10H8BrF2N5O. The van der Waals surface area contributed by atoms with Crippen LogP contribution in [-0.4, -0.2) is 26.5 Å². The molecule has 1 atom stereocenters. The number of carbonyl (C=O) groups excluding carboxylic acids is 1. The summed E-state index contributed by atoms with van der Waals surface area (Å²) in [6.45, 7) is 1.57. The summed E-state index contributed by atoms with van der Waals surface area (Å²) in [6.07, 6.45) is 0. The number of rotatable bonds is 3. The van der Waals surface area contributed by atoms with Gasteiger partial charge in [0, 0.05) is 4.47 Å². The quantitative estimate of drug-likeness (QED) is 0.897. The van der Waals surface area contributed by atoms with Crippen molar-refractivity contribution in [1.29, 1.82) is 0 Å². The zero-order valence-electron chi connectivity index (χ0n) is 9.62. The van der Waals surface area contributed by atoms with Crippen LogP contribution in [0.5, 0.6) is 0 Å². The summed E-state index contributed by atoms with van der Waals surface area (Å²) in [4.78, 5) is 11.8. The topological polar surface area (TPSA) is 83.6 Å². The van der Waals surface area contributed by atoms with Gasteiger partial charge in [0.1, 0.15) is 17.2 Å². The molecule has 1 amide bonds. The van der Waals surface area contributed by atoms with Crippen LogP contribution >= 0.6 is 15.9 Å². The number of nitrogens with one attached hydrogen (secondary N) is 2. The summed E-state index contributed by atoms with van der Waals surface area (Å²) in [5, 5.41) is 15.3. The number of hydrogen-bond acceptors (Lipinski definition) is 4. The van der Waals surface area contributed by atoms with Crippen LogP contribution in [0.15, 0.2) is 16.6 Å². The van der Waals surface area contributed by atoms with Crippen LogP contribution in [0.2, 0.25) is 0 Å². The van der Waals surface area contributed by atoms with Gasteiger partial charge in [-0.25, -0.2) is 8.78 Å². The third-order valence-corrected chi connectivity index (χ3v) is 2.79. The predicted molar refractivity (Wildman–Crippen MR) is 64.1 cm³/mol. The van der Waals surface area contributed by atoms with Gasteiger partial charge in [0.2, 0.25) is 0 Å². The molecule has 0 fully saturated rings. The van der Waals surface area contributed by atoms with Crippen molar-refractivity contribution >= 4 is 21.8 Å². The summed E-state index contributed by atoms with van der Waals surface area (Å²) >= 11 is 2.93. The van der Waals surface area contributed by atoms with Crippen molar-refractivity contribution in [3.63, 3.8) is 0 Å². The minimum atomic E-state index is -0.954. The lowest BCUT2D eigenvalue weighted by Gasteiger charge is -2.11. The number of aromatic nitrogens is 4. The number of H-pyrrole nitrogens is 1. The summed E-state index contributed by atoms with van der Waals surface area (Å²) in [5.41, 5.74) is -0.654. The molecule has 1 heterocycles. The molecule has 2 rings (SSSR count). The minimum Gasteiger partial charge on any atom is -0.342 e. The van der Waals surface area contributed by atoms with Gasteiger partial charge in [-0.1, -0.05) is 21.1 Å². The van der Waals surface area contributed by atoms with E-state index in [9.17, 15) is 13.6 Å². The number of amides is 1. The highest BCUT2D eigenvalue weighted by molar-refractivity contribution is 9.10. The Labute approximate surface area is 114 Å². The van der Waals surface area contributed by atoms with Gasteiger partial charge in [0.15, 0.2) is 5.82 Å². The summed E-state index contributed by atoms with van der Waals surface area (Å²) in [6, 6.07) is 1.39. The van der Waals surface area contributed by atoms with E-state index in [1.807, 2.05) is 0 Å². The third kappa shape index (κ3) is 2.92. The molecule has 1 unspecified atom stereocenters. The smallest absolute Gasteiger partial charge is 0.257 e. The van der Waals surface area contributed by atoms with Gasteiger partial charge in [-0.2, -0.15) is 5.21 Å². The summed E-state index contributed by atoms with van der Waals surface area (Å²) in [5.74, 6) is -2.58. The molecule has 0 bridgehead atoms. The Balaban J connectivity index is 2.21. The van der Waals surface area contributed by atoms with E-state index in [4.69, 9.17) is 0 Å². The Morgan fingerprint density at radius 2 is 2.05 bits per heavy atom. The molecule has 0 aliphatic carbocycles. The van der Waals surface area contributed by atoms with Crippen molar-refractivity contribution < 1.29 is 13.6 Å². The SMILES string of the molecule is CC(NC(=O)c1c(F)cc(Br)cc1F)c1nn[nH]n1. The van der Waals surface area contributed by atoms with E-state index < -0.39 is 29.1 Å². The number of tetrazole rings is 1. The molecule has 19 heavy (non-hydrogen) atoms. The highest BCUT2D eigenvalue weighted by atomic mass is 79.9. The maximum atomic E-state index is 13.6. The van der Waals surface area contributed by atoms with Crippen LogP contribution < -0.4 is 5.32 Å². The standard InChI is InChI=1S/C10H8BrF2N5O/c1-4(9-15-17-18-16-9)14-10(19)8-6(12)2-5(11)3-7(8)13/h2-4H,1H3,(H,14,19)(H,15,16,17,18). The van der Waals surface area contributed by atoms with E-state index in [0.29, 0.717) is 0 Å². The van der Waals surface area contributed by atoms with Crippen molar-refractivity contribution in [3.05, 3.63) is 39.6 Å². The van der Waals surface area contributed by atoms with Crippen LogP contribution in [0.25, 0.3) is 0 Å². The fourth-order valence-electron chi connectivity index (χ4n) is 1.45. The Kier molecular flexibility index (Phi) is 3.84. The normalized spacial score (nSPS) is 12.2. The number of hydrogen-bond donors (Lipinski definition) is 2. The van der Waals surface area contributed by atoms with Crippen LogP contribution in [0, 0.1) is 11.6 Å². The predicted octanol–water partition coefficient (Wildman–Crippen LogP) is 1.73. The van der Waals surface area contributed by atoms with Gasteiger partial charge in [-0.3, -0.25) is 4.79 Å². The van der Waals surface area contributed by atoms with Crippen LogP contribution in [-0.2, 0) is 0 Å². The Hall–Kier alpha value is -1.90. The molecule has 100 valence electrons. The maximum absolute atomic E-state index is 13.6. The van der Waals surface area contributed by atoms with Gasteiger partial charge in [-0.15, -0.1) is 10.2 Å². The van der Waals surface area contributed by atoms with E-state index in [0.717, 1.165) is 12.1 Å². The third-order valence-electron chi connectivity index (χ3n) is 2.33. The number of carbonyl (C=O) groups is 1. The summed E-state index contributed by atoms with van der Waals surface area (Å²) < 4.78 is 27.4. The lowest BCUT2D eigenvalue weighted by atomic mass is 10.1. The lowest BCUT2D eigenvalue weighted by Crippen LogP contribution is -2.29. The minimum absolute atomic E-state index is 0.213. The first kappa shape index (κ1) is 13.5. The molecule has 0 aliphatic rings. The average Bonchev–Trinajstić information content (AvgIpc) is 2.80. The fraction of sp³-hybridized carbons (Fsp3) is 0.200. The van der Waals surface area contributed by atoms with E-state index in [1.54, 1.807) is 6.92 Å². The lowest BCUT2D eigenvalue weighted by molar-refractivity contribution is 0.0929. The first-order chi connectivity index (χ1) is 8.99. The van der Waals surface area contributed by atoms with Crippen molar-refractivity contribution in [2.24, 2.45) is 0 Å². The van der Waals surface area contributed by atoms with E-state index in [2.05, 4.69) is 41.9 Å². The molecule has 6 nitrogen and oxygen atoms in total. The second-order valence-corrected chi connectivity index (χ2v) is 4.63. The molecule has 2 N–H and O–H groups in total. The monoisotopic (exact) mass is 331 g/mol. The zero-order chi connectivity index (χ0) is 14.0. The van der Waals surface area contributed by atoms with E-state index >= 15 is 0 Å². The van der Waals surface area contributed by atoms with Crippen LogP contribution in [0.4, 0.5) is 8.78 Å². The van der Waals surface area contributed by atoms with E-state index in [1.165, 1.54) is 0 Å². The molecular weight excluding hydrogens is 324 g/mol. The molecule has 2 aromatic rings. The molecule has 0 saturated carbocycles. The number of nitrogens with zero attached hydrogens (tertiary/aromatic N) is 3. The molecule has 9 heteroatoms. The van der Waals surface area contributed by atoms with Crippen molar-refractivity contribution in [2.45, 2.75) is 13.0 Å². The molecule has 1 aromatic heterocycles. The van der Waals surface area contributed by atoms with Crippen molar-refractivity contribution in [3.8, 4) is 0 Å². The van der Waals surface area contributed by atoms with Gasteiger partial charge in [0.25, 0.3) is 5.91 Å². The van der Waals surface area contributed by atoms with Gasteiger partial charge >= 0.3 is 0 Å². The number of benzene rings is 1. The van der Waals surface area contributed by atoms with Gasteiger partial charge < -0.3 is 5.32 Å². The van der Waals surface area contributed by atoms with Gasteiger partial charge in [-0.05, 0) is 19.1 Å².